The molecule has 7 heteroatoms. The van der Waals surface area contributed by atoms with Gasteiger partial charge >= 0.3 is 0 Å². The van der Waals surface area contributed by atoms with Gasteiger partial charge in [-0.1, -0.05) is 50.6 Å². The molecular formula is C27H39ClFNO3Si. The Kier molecular flexibility index (Phi) is 9.70. The Labute approximate surface area is 210 Å². The van der Waals surface area contributed by atoms with Crippen LogP contribution in [0.4, 0.5) is 4.39 Å². The zero-order valence-corrected chi connectivity index (χ0v) is 23.0. The molecule has 1 saturated heterocycles. The number of ether oxygens (including phenoxy) is 2. The molecule has 0 amide bonds. The van der Waals surface area contributed by atoms with Crippen LogP contribution in [0.3, 0.4) is 0 Å². The van der Waals surface area contributed by atoms with Gasteiger partial charge in [-0.05, 0) is 67.1 Å². The Morgan fingerprint density at radius 3 is 2.65 bits per heavy atom. The van der Waals surface area contributed by atoms with Gasteiger partial charge in [-0.3, -0.25) is 4.98 Å². The summed E-state index contributed by atoms with van der Waals surface area (Å²) in [6, 6.07) is 9.15. The van der Waals surface area contributed by atoms with Crippen molar-refractivity contribution in [2.45, 2.75) is 83.2 Å². The van der Waals surface area contributed by atoms with Crippen molar-refractivity contribution in [2.24, 2.45) is 0 Å². The topological polar surface area (TPSA) is 40.6 Å². The maximum Gasteiger partial charge on any atom is 0.192 e. The van der Waals surface area contributed by atoms with E-state index in [-0.39, 0.29) is 28.1 Å². The number of nitrogens with zero attached hydrogens (tertiary/aromatic N) is 1. The van der Waals surface area contributed by atoms with Crippen LogP contribution in [-0.2, 0) is 20.3 Å². The predicted octanol–water partition coefficient (Wildman–Crippen LogP) is 7.50. The summed E-state index contributed by atoms with van der Waals surface area (Å²) in [5, 5.41) is 0.286. The second-order valence-corrected chi connectivity index (χ2v) is 15.9. The number of hydrogen-bond acceptors (Lipinski definition) is 4. The third-order valence-corrected chi connectivity index (χ3v) is 11.8. The summed E-state index contributed by atoms with van der Waals surface area (Å²) in [6.45, 7) is 13.3. The summed E-state index contributed by atoms with van der Waals surface area (Å²) in [7, 11) is -1.89. The van der Waals surface area contributed by atoms with E-state index in [0.29, 0.717) is 25.2 Å². The number of rotatable bonds is 10. The fraction of sp³-hybridized carbons (Fsp3) is 0.593. The molecule has 0 spiro atoms. The molecule has 1 aliphatic heterocycles. The smallest absolute Gasteiger partial charge is 0.192 e. The van der Waals surface area contributed by atoms with Crippen molar-refractivity contribution in [3.05, 3.63) is 64.2 Å². The molecule has 1 aromatic heterocycles. The minimum absolute atomic E-state index is 0.0985. The summed E-state index contributed by atoms with van der Waals surface area (Å²) < 4.78 is 32.6. The summed E-state index contributed by atoms with van der Waals surface area (Å²) >= 11 is 5.93. The Hall–Kier alpha value is -1.31. The van der Waals surface area contributed by atoms with Gasteiger partial charge in [0.05, 0.1) is 11.6 Å². The fourth-order valence-electron chi connectivity index (χ4n) is 3.71. The number of halogens is 2. The molecule has 0 bridgehead atoms. The summed E-state index contributed by atoms with van der Waals surface area (Å²) in [5.41, 5.74) is 2.49. The standard InChI is InChI=1S/C27H39ClFNO3Si/c1-27(2,3)34(4,5)33-19-22(14-16-32-25-11-6-7-15-31-25)24-13-12-20(18-30-24)17-21-9-8-10-23(28)26(21)29/h8-10,12-13,18,22,25H,6-7,11,14-17,19H2,1-5H3. The average Bonchev–Trinajstić information content (AvgIpc) is 2.80. The highest BCUT2D eigenvalue weighted by molar-refractivity contribution is 6.74. The van der Waals surface area contributed by atoms with Crippen molar-refractivity contribution in [1.82, 2.24) is 4.98 Å². The van der Waals surface area contributed by atoms with Gasteiger partial charge in [0.25, 0.3) is 0 Å². The minimum Gasteiger partial charge on any atom is -0.416 e. The van der Waals surface area contributed by atoms with Crippen LogP contribution in [-0.4, -0.2) is 39.4 Å². The lowest BCUT2D eigenvalue weighted by Gasteiger charge is -2.37. The van der Waals surface area contributed by atoms with Crippen molar-refractivity contribution in [3.8, 4) is 0 Å². The zero-order chi connectivity index (χ0) is 24.8. The first-order valence-corrected chi connectivity index (χ1v) is 15.6. The molecule has 1 fully saturated rings. The van der Waals surface area contributed by atoms with Crippen LogP contribution in [0.1, 0.15) is 69.2 Å². The molecule has 2 heterocycles. The highest BCUT2D eigenvalue weighted by atomic mass is 35.5. The Morgan fingerprint density at radius 1 is 1.21 bits per heavy atom. The van der Waals surface area contributed by atoms with Gasteiger partial charge in [-0.15, -0.1) is 0 Å². The first-order chi connectivity index (χ1) is 16.1. The van der Waals surface area contributed by atoms with E-state index in [0.717, 1.165) is 43.5 Å². The maximum absolute atomic E-state index is 14.3. The van der Waals surface area contributed by atoms with Crippen molar-refractivity contribution in [3.63, 3.8) is 0 Å². The molecule has 3 rings (SSSR count). The van der Waals surface area contributed by atoms with Gasteiger partial charge in [0.2, 0.25) is 0 Å². The molecular weight excluding hydrogens is 469 g/mol. The molecule has 0 N–H and O–H groups in total. The van der Waals surface area contributed by atoms with Crippen molar-refractivity contribution >= 4 is 19.9 Å². The van der Waals surface area contributed by atoms with Gasteiger partial charge < -0.3 is 13.9 Å². The molecule has 0 aliphatic carbocycles. The summed E-state index contributed by atoms with van der Waals surface area (Å²) in [5.74, 6) is -0.245. The zero-order valence-electron chi connectivity index (χ0n) is 21.2. The molecule has 0 saturated carbocycles. The molecule has 0 radical (unpaired) electrons. The third-order valence-electron chi connectivity index (χ3n) is 7.05. The lowest BCUT2D eigenvalue weighted by molar-refractivity contribution is -0.163. The number of benzene rings is 1. The van der Waals surface area contributed by atoms with Crippen molar-refractivity contribution in [1.29, 1.82) is 0 Å². The highest BCUT2D eigenvalue weighted by Crippen LogP contribution is 2.37. The van der Waals surface area contributed by atoms with Gasteiger partial charge in [0, 0.05) is 37.4 Å². The van der Waals surface area contributed by atoms with E-state index in [1.165, 1.54) is 0 Å². The third kappa shape index (κ3) is 7.59. The van der Waals surface area contributed by atoms with E-state index >= 15 is 0 Å². The normalized spacial score (nSPS) is 18.1. The second kappa shape index (κ2) is 12.1. The molecule has 1 aromatic carbocycles. The Balaban J connectivity index is 1.68. The molecule has 2 unspecified atom stereocenters. The lowest BCUT2D eigenvalue weighted by atomic mass is 10.0. The lowest BCUT2D eigenvalue weighted by Crippen LogP contribution is -2.41. The van der Waals surface area contributed by atoms with Crippen LogP contribution in [0.5, 0.6) is 0 Å². The van der Waals surface area contributed by atoms with Gasteiger partial charge in [0.1, 0.15) is 5.82 Å². The largest absolute Gasteiger partial charge is 0.416 e. The van der Waals surface area contributed by atoms with E-state index in [1.807, 2.05) is 18.3 Å². The van der Waals surface area contributed by atoms with E-state index < -0.39 is 8.32 Å². The molecule has 4 nitrogen and oxygen atoms in total. The number of hydrogen-bond donors (Lipinski definition) is 0. The quantitative estimate of drug-likeness (QED) is 0.312. The van der Waals surface area contributed by atoms with Crippen LogP contribution in [0.15, 0.2) is 36.5 Å². The molecule has 1 aliphatic rings. The number of pyridine rings is 1. The van der Waals surface area contributed by atoms with Gasteiger partial charge in [0.15, 0.2) is 14.6 Å². The van der Waals surface area contributed by atoms with Gasteiger partial charge in [-0.25, -0.2) is 4.39 Å². The molecule has 2 aromatic rings. The Bertz CT molecular complexity index is 911. The van der Waals surface area contributed by atoms with Crippen LogP contribution < -0.4 is 0 Å². The highest BCUT2D eigenvalue weighted by Gasteiger charge is 2.37. The fourth-order valence-corrected chi connectivity index (χ4v) is 4.96. The van der Waals surface area contributed by atoms with E-state index in [4.69, 9.17) is 30.5 Å². The summed E-state index contributed by atoms with van der Waals surface area (Å²) in [6.07, 6.45) is 6.21. The van der Waals surface area contributed by atoms with Crippen molar-refractivity contribution in [2.75, 3.05) is 19.8 Å². The minimum atomic E-state index is -1.89. The molecule has 188 valence electrons. The van der Waals surface area contributed by atoms with Crippen LogP contribution in [0.2, 0.25) is 23.2 Å². The first-order valence-electron chi connectivity index (χ1n) is 12.3. The molecule has 34 heavy (non-hydrogen) atoms. The van der Waals surface area contributed by atoms with Crippen molar-refractivity contribution < 1.29 is 18.3 Å². The second-order valence-electron chi connectivity index (χ2n) is 10.7. The SMILES string of the molecule is CC(C)(C)[Si](C)(C)OCC(CCOC1CCCCO1)c1ccc(Cc2cccc(Cl)c2F)cn1. The van der Waals surface area contributed by atoms with E-state index in [2.05, 4.69) is 33.9 Å². The van der Waals surface area contributed by atoms with Crippen LogP contribution in [0, 0.1) is 5.82 Å². The van der Waals surface area contributed by atoms with Gasteiger partial charge in [-0.2, -0.15) is 0 Å². The van der Waals surface area contributed by atoms with E-state index in [9.17, 15) is 4.39 Å². The maximum atomic E-state index is 14.3. The first kappa shape index (κ1) is 27.3. The van der Waals surface area contributed by atoms with Crippen LogP contribution >= 0.6 is 11.6 Å². The average molecular weight is 508 g/mol. The number of aromatic nitrogens is 1. The predicted molar refractivity (Wildman–Crippen MR) is 139 cm³/mol. The summed E-state index contributed by atoms with van der Waals surface area (Å²) in [4.78, 5) is 4.75. The monoisotopic (exact) mass is 507 g/mol. The Morgan fingerprint density at radius 2 is 2.00 bits per heavy atom. The molecule has 2 atom stereocenters. The van der Waals surface area contributed by atoms with Crippen LogP contribution in [0.25, 0.3) is 0 Å². The van der Waals surface area contributed by atoms with E-state index in [1.54, 1.807) is 18.2 Å².